The number of rotatable bonds is 9. The van der Waals surface area contributed by atoms with E-state index in [0.29, 0.717) is 5.56 Å². The summed E-state index contributed by atoms with van der Waals surface area (Å²) in [6, 6.07) is 16.3. The van der Waals surface area contributed by atoms with Crippen LogP contribution in [0.15, 0.2) is 82.6 Å². The van der Waals surface area contributed by atoms with E-state index in [-0.39, 0.29) is 67.3 Å². The molecule has 0 spiro atoms. The van der Waals surface area contributed by atoms with Gasteiger partial charge in [0.25, 0.3) is 26.1 Å². The van der Waals surface area contributed by atoms with Crippen molar-refractivity contribution in [2.75, 3.05) is 28.0 Å². The third-order valence-electron chi connectivity index (χ3n) is 6.10. The second-order valence-electron chi connectivity index (χ2n) is 9.63. The summed E-state index contributed by atoms with van der Waals surface area (Å²) in [5.74, 6) is -1.32. The van der Waals surface area contributed by atoms with Crippen molar-refractivity contribution < 1.29 is 49.1 Å². The van der Waals surface area contributed by atoms with Crippen molar-refractivity contribution in [2.24, 2.45) is 0 Å². The molecule has 2 amide bonds. The van der Waals surface area contributed by atoms with E-state index in [2.05, 4.69) is 10.6 Å². The number of carbonyl (C=O) groups is 2. The summed E-state index contributed by atoms with van der Waals surface area (Å²) in [6.45, 7) is 1.29. The predicted octanol–water partition coefficient (Wildman–Crippen LogP) is 3.67. The monoisotopic (exact) mass is 713 g/mol. The SMILES string of the molecule is CC(=O)Nc1ccc(S(=O)(=O)O)c2cccc(O)c12.Nc1cc(NC(=O)c2ccc(CS(=O)(=O)CCCl)cc2)ccc1S(=O)(=O)O. The largest absolute Gasteiger partial charge is 0.507 e. The molecule has 0 heterocycles. The average Bonchev–Trinajstić information content (AvgIpc) is 2.92. The molecule has 4 rings (SSSR count). The topological polar surface area (TPSA) is 247 Å². The van der Waals surface area contributed by atoms with Crippen molar-refractivity contribution in [2.45, 2.75) is 22.5 Å². The zero-order valence-corrected chi connectivity index (χ0v) is 27.0. The van der Waals surface area contributed by atoms with Gasteiger partial charge in [0.1, 0.15) is 15.5 Å². The molecule has 0 saturated carbocycles. The smallest absolute Gasteiger partial charge is 0.296 e. The fourth-order valence-corrected chi connectivity index (χ4v) is 7.21. The van der Waals surface area contributed by atoms with Crippen molar-refractivity contribution in [1.82, 2.24) is 0 Å². The summed E-state index contributed by atoms with van der Waals surface area (Å²) in [7, 11) is -12.2. The first-order valence-corrected chi connectivity index (χ1v) is 18.1. The molecule has 46 heavy (non-hydrogen) atoms. The molecular weight excluding hydrogens is 686 g/mol. The number of alkyl halides is 1. The maximum absolute atomic E-state index is 12.3. The van der Waals surface area contributed by atoms with Gasteiger partial charge in [-0.15, -0.1) is 11.6 Å². The van der Waals surface area contributed by atoms with E-state index in [4.69, 9.17) is 26.4 Å². The lowest BCUT2D eigenvalue weighted by molar-refractivity contribution is -0.114. The van der Waals surface area contributed by atoms with Crippen molar-refractivity contribution in [1.29, 1.82) is 0 Å². The van der Waals surface area contributed by atoms with E-state index in [0.717, 1.165) is 6.07 Å². The minimum absolute atomic E-state index is 0.0162. The second kappa shape index (κ2) is 14.4. The third-order valence-corrected chi connectivity index (χ3v) is 9.96. The molecule has 0 aromatic heterocycles. The number of hydrogen-bond donors (Lipinski definition) is 6. The number of nitrogens with one attached hydrogen (secondary N) is 2. The van der Waals surface area contributed by atoms with E-state index in [9.17, 15) is 39.9 Å². The normalized spacial score (nSPS) is 11.7. The summed E-state index contributed by atoms with van der Waals surface area (Å²) in [5.41, 5.74) is 6.66. The lowest BCUT2D eigenvalue weighted by atomic mass is 10.1. The van der Waals surface area contributed by atoms with Crippen LogP contribution in [0.25, 0.3) is 10.8 Å². The molecular formula is C28H28ClN3O11S3. The van der Waals surface area contributed by atoms with Gasteiger partial charge in [0.2, 0.25) is 5.91 Å². The predicted molar refractivity (Wildman–Crippen MR) is 173 cm³/mol. The minimum Gasteiger partial charge on any atom is -0.507 e. The van der Waals surface area contributed by atoms with Gasteiger partial charge in [-0.2, -0.15) is 16.8 Å². The van der Waals surface area contributed by atoms with Gasteiger partial charge in [0, 0.05) is 34.8 Å². The van der Waals surface area contributed by atoms with Crippen LogP contribution >= 0.6 is 11.6 Å². The van der Waals surface area contributed by atoms with Crippen LogP contribution in [0.1, 0.15) is 22.8 Å². The van der Waals surface area contributed by atoms with Gasteiger partial charge < -0.3 is 21.5 Å². The Balaban J connectivity index is 0.000000266. The van der Waals surface area contributed by atoms with Crippen molar-refractivity contribution in [3.8, 4) is 5.75 Å². The molecule has 0 aliphatic heterocycles. The standard InChI is InChI=1S/C16H17ClN2O6S2.C12H11NO5S/c17-7-8-26(21,22)10-11-1-3-12(4-2-11)16(20)19-13-5-6-15(14(18)9-13)27(23,24)25;1-7(14)13-9-5-6-11(19(16,17)18)8-3-2-4-10(15)12(8)9/h1-6,9H,7-8,10,18H2,(H,19,20)(H,23,24,25);2-6,15H,1H3,(H,13,14)(H,16,17,18). The van der Waals surface area contributed by atoms with Crippen LogP contribution in [0.2, 0.25) is 0 Å². The van der Waals surface area contributed by atoms with Gasteiger partial charge in [-0.3, -0.25) is 18.7 Å². The Morgan fingerprint density at radius 1 is 0.826 bits per heavy atom. The fraction of sp³-hybridized carbons (Fsp3) is 0.143. The summed E-state index contributed by atoms with van der Waals surface area (Å²) >= 11 is 5.45. The first-order chi connectivity index (χ1) is 21.3. The van der Waals surface area contributed by atoms with Crippen molar-refractivity contribution in [3.63, 3.8) is 0 Å². The Kier molecular flexibility index (Phi) is 11.4. The molecule has 14 nitrogen and oxygen atoms in total. The molecule has 18 heteroatoms. The minimum atomic E-state index is -4.45. The maximum atomic E-state index is 12.3. The van der Waals surface area contributed by atoms with Crippen LogP contribution < -0.4 is 16.4 Å². The number of fused-ring (bicyclic) bond motifs is 1. The van der Waals surface area contributed by atoms with E-state index < -0.39 is 40.9 Å². The number of nitrogen functional groups attached to an aromatic ring is 1. The number of amides is 2. The first-order valence-electron chi connectivity index (χ1n) is 12.9. The Bertz CT molecular complexity index is 2120. The highest BCUT2D eigenvalue weighted by molar-refractivity contribution is 7.90. The van der Waals surface area contributed by atoms with E-state index in [1.54, 1.807) is 0 Å². The highest BCUT2D eigenvalue weighted by Crippen LogP contribution is 2.35. The van der Waals surface area contributed by atoms with Crippen molar-refractivity contribution in [3.05, 3.63) is 83.9 Å². The third kappa shape index (κ3) is 9.62. The summed E-state index contributed by atoms with van der Waals surface area (Å²) in [5, 5.41) is 15.1. The lowest BCUT2D eigenvalue weighted by Gasteiger charge is -2.11. The van der Waals surface area contributed by atoms with Gasteiger partial charge in [0.05, 0.1) is 22.9 Å². The Morgan fingerprint density at radius 3 is 1.98 bits per heavy atom. The highest BCUT2D eigenvalue weighted by Gasteiger charge is 2.19. The molecule has 0 radical (unpaired) electrons. The summed E-state index contributed by atoms with van der Waals surface area (Å²) in [6.07, 6.45) is 0. The molecule has 7 N–H and O–H groups in total. The molecule has 0 aliphatic carbocycles. The molecule has 0 bridgehead atoms. The number of halogens is 1. The van der Waals surface area contributed by atoms with Gasteiger partial charge in [-0.05, 0) is 54.1 Å². The number of carbonyl (C=O) groups excluding carboxylic acids is 2. The fourth-order valence-electron chi connectivity index (χ4n) is 4.14. The van der Waals surface area contributed by atoms with Crippen molar-refractivity contribution >= 4 is 81.3 Å². The van der Waals surface area contributed by atoms with Crippen LogP contribution in [0.4, 0.5) is 17.1 Å². The summed E-state index contributed by atoms with van der Waals surface area (Å²) in [4.78, 5) is 22.6. The number of aromatic hydroxyl groups is 1. The number of phenolic OH excluding ortho intramolecular Hbond substituents is 1. The van der Waals surface area contributed by atoms with Gasteiger partial charge in [-0.1, -0.05) is 24.3 Å². The molecule has 0 atom stereocenters. The molecule has 0 fully saturated rings. The van der Waals surface area contributed by atoms with E-state index >= 15 is 0 Å². The average molecular weight is 714 g/mol. The lowest BCUT2D eigenvalue weighted by Crippen LogP contribution is -2.13. The number of hydrogen-bond acceptors (Lipinski definition) is 10. The second-order valence-corrected chi connectivity index (χ2v) is 15.0. The van der Waals surface area contributed by atoms with Gasteiger partial charge in [-0.25, -0.2) is 8.42 Å². The number of sulfone groups is 1. The number of phenols is 1. The van der Waals surface area contributed by atoms with Crippen LogP contribution in [-0.2, 0) is 40.6 Å². The number of benzene rings is 4. The molecule has 0 aliphatic rings. The van der Waals surface area contributed by atoms with Gasteiger partial charge >= 0.3 is 0 Å². The Hall–Kier alpha value is -4.26. The van der Waals surface area contributed by atoms with Crippen LogP contribution in [-0.4, -0.2) is 62.9 Å². The molecule has 4 aromatic rings. The quantitative estimate of drug-likeness (QED) is 0.0826. The number of anilines is 3. The first kappa shape index (κ1) is 36.2. The van der Waals surface area contributed by atoms with E-state index in [1.807, 2.05) is 0 Å². The van der Waals surface area contributed by atoms with Crippen LogP contribution in [0.3, 0.4) is 0 Å². The Labute approximate surface area is 269 Å². The Morgan fingerprint density at radius 2 is 1.43 bits per heavy atom. The molecule has 4 aromatic carbocycles. The summed E-state index contributed by atoms with van der Waals surface area (Å²) < 4.78 is 86.5. The molecule has 0 saturated heterocycles. The zero-order valence-electron chi connectivity index (χ0n) is 23.8. The highest BCUT2D eigenvalue weighted by atomic mass is 35.5. The molecule has 0 unspecified atom stereocenters. The zero-order chi connectivity index (χ0) is 34.4. The maximum Gasteiger partial charge on any atom is 0.296 e. The molecule has 246 valence electrons. The van der Waals surface area contributed by atoms with E-state index in [1.165, 1.54) is 73.7 Å². The van der Waals surface area contributed by atoms with Crippen LogP contribution in [0.5, 0.6) is 5.75 Å². The van der Waals surface area contributed by atoms with Crippen LogP contribution in [0, 0.1) is 0 Å². The van der Waals surface area contributed by atoms with Gasteiger partial charge in [0.15, 0.2) is 9.84 Å². The number of nitrogens with two attached hydrogens (primary N) is 1.